The van der Waals surface area contributed by atoms with Crippen molar-refractivity contribution in [1.29, 1.82) is 0 Å². The van der Waals surface area contributed by atoms with Gasteiger partial charge in [0.15, 0.2) is 0 Å². The molecule has 2 rings (SSSR count). The Morgan fingerprint density at radius 2 is 1.10 bits per heavy atom. The highest BCUT2D eigenvalue weighted by atomic mass is 32.2. The molecule has 0 aromatic heterocycles. The molecule has 0 heterocycles. The lowest BCUT2D eigenvalue weighted by atomic mass is 9.79. The highest BCUT2D eigenvalue weighted by Crippen LogP contribution is 2.46. The van der Waals surface area contributed by atoms with Crippen LogP contribution < -0.4 is 10.5 Å². The van der Waals surface area contributed by atoms with Crippen LogP contribution >= 0.6 is 23.5 Å². The molecule has 0 amide bonds. The van der Waals surface area contributed by atoms with Gasteiger partial charge in [-0.05, 0) is 78.3 Å². The molecule has 3 nitrogen and oxygen atoms in total. The van der Waals surface area contributed by atoms with Gasteiger partial charge in [-0.3, -0.25) is 0 Å². The standard InChI is InChI=1S/C33H53NO2S2.2C2H6/c1-21(2)25-17-23(18-26(29(25)35)31(4,5)6)37-22(3)38-24-19-27(32(7,8)9)30(36-16-14-13-15-34)28(20-24)33(10,11)12;2*1-2/h17-22,35H,13-16,34H2,1-12H3;2*1-2H3. The second-order valence-corrected chi connectivity index (χ2v) is 16.9. The normalized spacial score (nSPS) is 12.7. The van der Waals surface area contributed by atoms with E-state index in [4.69, 9.17) is 10.5 Å². The molecular weight excluding hydrogens is 555 g/mol. The van der Waals surface area contributed by atoms with Gasteiger partial charge in [-0.2, -0.15) is 0 Å². The van der Waals surface area contributed by atoms with Crippen LogP contribution in [0, 0.1) is 0 Å². The van der Waals surface area contributed by atoms with Crippen molar-refractivity contribution in [2.24, 2.45) is 5.73 Å². The second-order valence-electron chi connectivity index (χ2n) is 13.8. The number of ether oxygens (including phenoxy) is 1. The van der Waals surface area contributed by atoms with Crippen LogP contribution in [-0.2, 0) is 16.2 Å². The highest BCUT2D eigenvalue weighted by molar-refractivity contribution is 8.17. The molecule has 0 saturated carbocycles. The van der Waals surface area contributed by atoms with E-state index < -0.39 is 0 Å². The van der Waals surface area contributed by atoms with Crippen molar-refractivity contribution in [2.75, 3.05) is 13.2 Å². The minimum absolute atomic E-state index is 0.0408. The first-order valence-electron chi connectivity index (χ1n) is 16.1. The van der Waals surface area contributed by atoms with Gasteiger partial charge >= 0.3 is 0 Å². The third kappa shape index (κ3) is 12.4. The number of thioether (sulfide) groups is 2. The fraction of sp³-hybridized carbons (Fsp3) is 0.676. The van der Waals surface area contributed by atoms with Crippen LogP contribution in [0.3, 0.4) is 0 Å². The van der Waals surface area contributed by atoms with Crippen LogP contribution in [0.15, 0.2) is 34.1 Å². The predicted molar refractivity (Wildman–Crippen MR) is 192 cm³/mol. The summed E-state index contributed by atoms with van der Waals surface area (Å²) in [4.78, 5) is 2.48. The third-order valence-corrected chi connectivity index (χ3v) is 8.93. The first-order chi connectivity index (χ1) is 19.4. The maximum Gasteiger partial charge on any atom is 0.126 e. The third-order valence-electron chi connectivity index (χ3n) is 6.67. The summed E-state index contributed by atoms with van der Waals surface area (Å²) in [5.74, 6) is 1.76. The Hall–Kier alpha value is -1.30. The SMILES string of the molecule is CC.CC.CC(Sc1cc(C(C)C)c(O)c(C(C)(C)C)c1)Sc1cc(C(C)(C)C)c(OCCCCN)c(C(C)(C)C)c1. The summed E-state index contributed by atoms with van der Waals surface area (Å²) in [5.41, 5.74) is 10.1. The zero-order valence-electron chi connectivity index (χ0n) is 30.0. The summed E-state index contributed by atoms with van der Waals surface area (Å²) in [5, 5.41) is 11.0. The molecule has 0 radical (unpaired) electrons. The number of rotatable bonds is 10. The molecule has 3 N–H and O–H groups in total. The molecule has 1 unspecified atom stereocenters. The van der Waals surface area contributed by atoms with Gasteiger partial charge in [0.1, 0.15) is 11.5 Å². The van der Waals surface area contributed by atoms with Gasteiger partial charge in [0.2, 0.25) is 0 Å². The van der Waals surface area contributed by atoms with Gasteiger partial charge in [-0.25, -0.2) is 0 Å². The predicted octanol–water partition coefficient (Wildman–Crippen LogP) is 11.8. The molecule has 0 aliphatic heterocycles. The molecule has 0 spiro atoms. The highest BCUT2D eigenvalue weighted by Gasteiger charge is 2.29. The van der Waals surface area contributed by atoms with Crippen LogP contribution in [0.25, 0.3) is 0 Å². The quantitative estimate of drug-likeness (QED) is 0.157. The summed E-state index contributed by atoms with van der Waals surface area (Å²) >= 11 is 3.77. The molecule has 1 atom stereocenters. The number of phenolic OH excluding ortho intramolecular Hbond substituents is 1. The average molecular weight is 620 g/mol. The summed E-state index contributed by atoms with van der Waals surface area (Å²) in [6.07, 6.45) is 1.94. The molecule has 42 heavy (non-hydrogen) atoms. The number of benzene rings is 2. The zero-order valence-corrected chi connectivity index (χ0v) is 31.7. The van der Waals surface area contributed by atoms with E-state index in [1.54, 1.807) is 0 Å². The van der Waals surface area contributed by atoms with Crippen LogP contribution in [-0.4, -0.2) is 22.8 Å². The van der Waals surface area contributed by atoms with E-state index in [9.17, 15) is 5.11 Å². The Morgan fingerprint density at radius 3 is 1.48 bits per heavy atom. The summed E-state index contributed by atoms with van der Waals surface area (Å²) in [6.45, 7) is 36.1. The van der Waals surface area contributed by atoms with Crippen LogP contribution in [0.1, 0.15) is 152 Å². The van der Waals surface area contributed by atoms with Crippen LogP contribution in [0.4, 0.5) is 0 Å². The lowest BCUT2D eigenvalue weighted by Gasteiger charge is -2.31. The fourth-order valence-corrected chi connectivity index (χ4v) is 6.86. The van der Waals surface area contributed by atoms with E-state index in [-0.39, 0.29) is 22.2 Å². The van der Waals surface area contributed by atoms with E-state index in [2.05, 4.69) is 107 Å². The number of hydrogen-bond acceptors (Lipinski definition) is 5. The van der Waals surface area contributed by atoms with E-state index in [0.717, 1.165) is 29.7 Å². The minimum Gasteiger partial charge on any atom is -0.507 e. The number of hydrogen-bond donors (Lipinski definition) is 2. The molecule has 2 aromatic carbocycles. The first kappa shape index (κ1) is 40.7. The Morgan fingerprint density at radius 1 is 0.690 bits per heavy atom. The topological polar surface area (TPSA) is 55.5 Å². The second kappa shape index (κ2) is 17.9. The van der Waals surface area contributed by atoms with Crippen molar-refractivity contribution in [3.05, 3.63) is 46.5 Å². The monoisotopic (exact) mass is 619 g/mol. The molecule has 0 aliphatic carbocycles. The van der Waals surface area contributed by atoms with E-state index in [1.807, 2.05) is 51.2 Å². The molecule has 5 heteroatoms. The number of unbranched alkanes of at least 4 members (excludes halogenated alkanes) is 1. The van der Waals surface area contributed by atoms with Crippen molar-refractivity contribution in [3.8, 4) is 11.5 Å². The largest absolute Gasteiger partial charge is 0.507 e. The van der Waals surface area contributed by atoms with Gasteiger partial charge in [0.05, 0.1) is 11.2 Å². The summed E-state index contributed by atoms with van der Waals surface area (Å²) in [6, 6.07) is 9.04. The molecule has 242 valence electrons. The van der Waals surface area contributed by atoms with Gasteiger partial charge in [-0.1, -0.05) is 104 Å². The molecular formula is C37H65NO2S2. The summed E-state index contributed by atoms with van der Waals surface area (Å²) in [7, 11) is 0. The molecule has 2 aromatic rings. The first-order valence-corrected chi connectivity index (χ1v) is 17.8. The van der Waals surface area contributed by atoms with E-state index >= 15 is 0 Å². The smallest absolute Gasteiger partial charge is 0.126 e. The molecule has 0 saturated heterocycles. The zero-order chi connectivity index (χ0) is 33.1. The van der Waals surface area contributed by atoms with Gasteiger partial charge in [0, 0.05) is 26.5 Å². The van der Waals surface area contributed by atoms with Crippen LogP contribution in [0.5, 0.6) is 11.5 Å². The van der Waals surface area contributed by atoms with Crippen molar-refractivity contribution >= 4 is 23.5 Å². The van der Waals surface area contributed by atoms with E-state index in [1.165, 1.54) is 20.9 Å². The number of nitrogens with two attached hydrogens (primary N) is 1. The lowest BCUT2D eigenvalue weighted by molar-refractivity contribution is 0.291. The van der Waals surface area contributed by atoms with Crippen LogP contribution in [0.2, 0.25) is 0 Å². The van der Waals surface area contributed by atoms with Gasteiger partial charge in [-0.15, -0.1) is 23.5 Å². The average Bonchev–Trinajstić information content (AvgIpc) is 2.88. The minimum atomic E-state index is -0.121. The lowest BCUT2D eigenvalue weighted by Crippen LogP contribution is -2.20. The van der Waals surface area contributed by atoms with Gasteiger partial charge < -0.3 is 15.6 Å². The Labute approximate surface area is 269 Å². The number of aromatic hydroxyl groups is 1. The Kier molecular flexibility index (Phi) is 17.3. The molecule has 0 fully saturated rings. The molecule has 0 aliphatic rings. The Bertz CT molecular complexity index is 1040. The van der Waals surface area contributed by atoms with E-state index in [0.29, 0.717) is 23.5 Å². The van der Waals surface area contributed by atoms with Crippen molar-refractivity contribution in [2.45, 2.75) is 160 Å². The summed E-state index contributed by atoms with van der Waals surface area (Å²) < 4.78 is 6.77. The fourth-order valence-electron chi connectivity index (χ4n) is 4.48. The molecule has 0 bridgehead atoms. The van der Waals surface area contributed by atoms with Gasteiger partial charge in [0.25, 0.3) is 0 Å². The maximum atomic E-state index is 11.0. The Balaban J connectivity index is 0.00000402. The maximum absolute atomic E-state index is 11.0. The van der Waals surface area contributed by atoms with Crippen molar-refractivity contribution in [1.82, 2.24) is 0 Å². The number of phenols is 1. The van der Waals surface area contributed by atoms with Crippen molar-refractivity contribution in [3.63, 3.8) is 0 Å². The van der Waals surface area contributed by atoms with Crippen molar-refractivity contribution < 1.29 is 9.84 Å².